The average Bonchev–Trinajstić information content (AvgIpc) is 2.70. The lowest BCUT2D eigenvalue weighted by molar-refractivity contribution is -0.168. The molecule has 0 atom stereocenters. The maximum atomic E-state index is 12.5. The molecular weight excluding hydrogens is 398 g/mol. The topological polar surface area (TPSA) is 134 Å². The first-order chi connectivity index (χ1) is 14.0. The van der Waals surface area contributed by atoms with E-state index >= 15 is 0 Å². The summed E-state index contributed by atoms with van der Waals surface area (Å²) in [5, 5.41) is 2.30. The molecule has 0 aliphatic carbocycles. The number of rotatable bonds is 11. The number of nitrogens with one attached hydrogen (secondary N) is 1. The lowest BCUT2D eigenvalue weighted by Gasteiger charge is -2.28. The highest BCUT2D eigenvalue weighted by atomic mass is 16.6. The van der Waals surface area contributed by atoms with Gasteiger partial charge in [-0.2, -0.15) is 0 Å². The summed E-state index contributed by atoms with van der Waals surface area (Å²) in [7, 11) is 2.28. The lowest BCUT2D eigenvalue weighted by atomic mass is 9.87. The SMILES string of the molecule is CCOC(=O)C(CC=C=CCC(C)(C(=O)OC)C(=O)OC)(NC(C)=O)C(=O)OCC. The van der Waals surface area contributed by atoms with Crippen LogP contribution in [0.4, 0.5) is 0 Å². The van der Waals surface area contributed by atoms with Gasteiger partial charge in [-0.1, -0.05) is 0 Å². The largest absolute Gasteiger partial charge is 0.468 e. The maximum absolute atomic E-state index is 12.5. The number of esters is 4. The Hall–Kier alpha value is -3.13. The molecule has 0 unspecified atom stereocenters. The van der Waals surface area contributed by atoms with Gasteiger partial charge in [-0.15, -0.1) is 5.73 Å². The fourth-order valence-corrected chi connectivity index (χ4v) is 2.47. The Morgan fingerprint density at radius 3 is 1.63 bits per heavy atom. The van der Waals surface area contributed by atoms with Gasteiger partial charge in [-0.25, -0.2) is 9.59 Å². The van der Waals surface area contributed by atoms with Gasteiger partial charge in [0.2, 0.25) is 11.4 Å². The van der Waals surface area contributed by atoms with Crippen molar-refractivity contribution in [3.63, 3.8) is 0 Å². The zero-order chi connectivity index (χ0) is 23.4. The molecular formula is C20H29NO9. The van der Waals surface area contributed by atoms with Gasteiger partial charge in [0.05, 0.1) is 27.4 Å². The fourth-order valence-electron chi connectivity index (χ4n) is 2.47. The minimum Gasteiger partial charge on any atom is -0.468 e. The first kappa shape index (κ1) is 26.9. The van der Waals surface area contributed by atoms with Crippen molar-refractivity contribution in [1.82, 2.24) is 5.32 Å². The van der Waals surface area contributed by atoms with Crippen LogP contribution >= 0.6 is 0 Å². The highest BCUT2D eigenvalue weighted by Crippen LogP contribution is 2.25. The van der Waals surface area contributed by atoms with E-state index in [1.807, 2.05) is 0 Å². The van der Waals surface area contributed by atoms with E-state index in [2.05, 4.69) is 20.5 Å². The van der Waals surface area contributed by atoms with Crippen LogP contribution in [-0.4, -0.2) is 62.8 Å². The molecule has 0 fully saturated rings. The quantitative estimate of drug-likeness (QED) is 0.220. The Labute approximate surface area is 175 Å². The lowest BCUT2D eigenvalue weighted by Crippen LogP contribution is -2.60. The van der Waals surface area contributed by atoms with Gasteiger partial charge in [0.15, 0.2) is 5.41 Å². The molecule has 1 N–H and O–H groups in total. The van der Waals surface area contributed by atoms with Crippen molar-refractivity contribution in [2.24, 2.45) is 5.41 Å². The third kappa shape index (κ3) is 6.73. The maximum Gasteiger partial charge on any atom is 0.344 e. The molecule has 0 bridgehead atoms. The van der Waals surface area contributed by atoms with Crippen molar-refractivity contribution < 1.29 is 42.9 Å². The molecule has 168 valence electrons. The van der Waals surface area contributed by atoms with Gasteiger partial charge < -0.3 is 24.3 Å². The fraction of sp³-hybridized carbons (Fsp3) is 0.600. The first-order valence-electron chi connectivity index (χ1n) is 9.25. The number of ether oxygens (including phenoxy) is 4. The predicted octanol–water partition coefficient (Wildman–Crippen LogP) is 0.831. The molecule has 0 radical (unpaired) electrons. The third-order valence-corrected chi connectivity index (χ3v) is 4.06. The molecule has 0 heterocycles. The van der Waals surface area contributed by atoms with Crippen LogP contribution in [0.25, 0.3) is 0 Å². The van der Waals surface area contributed by atoms with Crippen molar-refractivity contribution in [2.45, 2.75) is 46.1 Å². The zero-order valence-electron chi connectivity index (χ0n) is 18.2. The van der Waals surface area contributed by atoms with E-state index in [1.54, 1.807) is 13.8 Å². The standard InChI is InChI=1S/C20H29NO9/c1-7-29-17(25)20(21-14(3)22,18(26)30-8-2)13-11-9-10-12-19(4,15(23)27-5)16(24)28-6/h10-11H,7-8,12-13H2,1-6H3,(H,21,22). The second kappa shape index (κ2) is 12.4. The van der Waals surface area contributed by atoms with Gasteiger partial charge in [0.1, 0.15) is 0 Å². The molecule has 1 amide bonds. The summed E-state index contributed by atoms with van der Waals surface area (Å²) in [6, 6.07) is 0. The van der Waals surface area contributed by atoms with Crippen LogP contribution in [0.2, 0.25) is 0 Å². The third-order valence-electron chi connectivity index (χ3n) is 4.06. The zero-order valence-corrected chi connectivity index (χ0v) is 18.2. The van der Waals surface area contributed by atoms with Crippen molar-refractivity contribution in [3.05, 3.63) is 17.9 Å². The summed E-state index contributed by atoms with van der Waals surface area (Å²) < 4.78 is 19.2. The van der Waals surface area contributed by atoms with Gasteiger partial charge in [0, 0.05) is 13.3 Å². The molecule has 0 aliphatic heterocycles. The average molecular weight is 427 g/mol. The van der Waals surface area contributed by atoms with Gasteiger partial charge >= 0.3 is 23.9 Å². The molecule has 0 aromatic carbocycles. The van der Waals surface area contributed by atoms with Crippen LogP contribution in [-0.2, 0) is 42.9 Å². The summed E-state index contributed by atoms with van der Waals surface area (Å²) >= 11 is 0. The second-order valence-corrected chi connectivity index (χ2v) is 6.33. The number of methoxy groups -OCH3 is 2. The Morgan fingerprint density at radius 1 is 0.833 bits per heavy atom. The smallest absolute Gasteiger partial charge is 0.344 e. The van der Waals surface area contributed by atoms with Gasteiger partial charge in [-0.3, -0.25) is 14.4 Å². The van der Waals surface area contributed by atoms with Crippen LogP contribution in [0, 0.1) is 5.41 Å². The Kier molecular flexibility index (Phi) is 11.1. The van der Waals surface area contributed by atoms with Crippen LogP contribution in [0.15, 0.2) is 17.9 Å². The summed E-state index contributed by atoms with van der Waals surface area (Å²) in [5.41, 5.74) is -0.997. The Morgan fingerprint density at radius 2 is 1.27 bits per heavy atom. The van der Waals surface area contributed by atoms with E-state index in [4.69, 9.17) is 9.47 Å². The normalized spacial score (nSPS) is 10.7. The van der Waals surface area contributed by atoms with Crippen LogP contribution in [0.3, 0.4) is 0 Å². The molecule has 0 saturated carbocycles. The van der Waals surface area contributed by atoms with Crippen LogP contribution < -0.4 is 5.32 Å². The highest BCUT2D eigenvalue weighted by molar-refractivity contribution is 6.07. The van der Waals surface area contributed by atoms with Crippen molar-refractivity contribution in [3.8, 4) is 0 Å². The van der Waals surface area contributed by atoms with E-state index in [9.17, 15) is 24.0 Å². The van der Waals surface area contributed by atoms with E-state index < -0.39 is 40.7 Å². The second-order valence-electron chi connectivity index (χ2n) is 6.33. The molecule has 0 aliphatic rings. The number of carbonyl (C=O) groups excluding carboxylic acids is 5. The molecule has 0 spiro atoms. The van der Waals surface area contributed by atoms with E-state index in [0.29, 0.717) is 0 Å². The van der Waals surface area contributed by atoms with E-state index in [0.717, 1.165) is 21.1 Å². The molecule has 0 aromatic rings. The molecule has 0 saturated heterocycles. The number of hydrogen-bond acceptors (Lipinski definition) is 9. The van der Waals surface area contributed by atoms with E-state index in [1.165, 1.54) is 19.1 Å². The minimum atomic E-state index is -2.09. The van der Waals surface area contributed by atoms with Gasteiger partial charge in [0.25, 0.3) is 0 Å². The van der Waals surface area contributed by atoms with Crippen molar-refractivity contribution in [2.75, 3.05) is 27.4 Å². The van der Waals surface area contributed by atoms with Crippen molar-refractivity contribution in [1.29, 1.82) is 0 Å². The first-order valence-corrected chi connectivity index (χ1v) is 9.25. The van der Waals surface area contributed by atoms with Crippen LogP contribution in [0.1, 0.15) is 40.5 Å². The molecule has 0 aromatic heterocycles. The van der Waals surface area contributed by atoms with Crippen LogP contribution in [0.5, 0.6) is 0 Å². The molecule has 10 nitrogen and oxygen atoms in total. The number of hydrogen-bond donors (Lipinski definition) is 1. The summed E-state index contributed by atoms with van der Waals surface area (Å²) in [6.07, 6.45) is 2.20. The molecule has 30 heavy (non-hydrogen) atoms. The molecule has 10 heteroatoms. The number of carbonyl (C=O) groups is 5. The summed E-state index contributed by atoms with van der Waals surface area (Å²) in [5.74, 6) is -4.19. The van der Waals surface area contributed by atoms with E-state index in [-0.39, 0.29) is 26.1 Å². The summed E-state index contributed by atoms with van der Waals surface area (Å²) in [4.78, 5) is 60.5. The van der Waals surface area contributed by atoms with Gasteiger partial charge in [-0.05, 0) is 39.3 Å². The van der Waals surface area contributed by atoms with Crippen molar-refractivity contribution >= 4 is 29.8 Å². The predicted molar refractivity (Wildman–Crippen MR) is 104 cm³/mol. The monoisotopic (exact) mass is 427 g/mol. The Bertz CT molecular complexity index is 686. The highest BCUT2D eigenvalue weighted by Gasteiger charge is 2.49. The number of amides is 1. The molecule has 0 rings (SSSR count). The minimum absolute atomic E-state index is 0.0181. The summed E-state index contributed by atoms with van der Waals surface area (Å²) in [6.45, 7) is 5.56. The Balaban J connectivity index is 5.84.